The summed E-state index contributed by atoms with van der Waals surface area (Å²) in [6, 6.07) is 10.2. The van der Waals surface area contributed by atoms with Crippen LogP contribution in [-0.4, -0.2) is 64.9 Å². The number of aromatic nitrogens is 2. The molecule has 2 saturated heterocycles. The minimum atomic E-state index is -0.436. The van der Waals surface area contributed by atoms with Crippen LogP contribution in [0.25, 0.3) is 22.2 Å². The zero-order valence-electron chi connectivity index (χ0n) is 19.0. The lowest BCUT2D eigenvalue weighted by molar-refractivity contribution is -0.135. The van der Waals surface area contributed by atoms with Crippen molar-refractivity contribution < 1.29 is 19.4 Å². The van der Waals surface area contributed by atoms with E-state index >= 15 is 0 Å². The van der Waals surface area contributed by atoms with E-state index in [9.17, 15) is 10.1 Å². The lowest BCUT2D eigenvalue weighted by Gasteiger charge is -2.31. The molecule has 2 aliphatic rings. The fourth-order valence-electron chi connectivity index (χ4n) is 4.90. The van der Waals surface area contributed by atoms with Gasteiger partial charge in [0, 0.05) is 49.3 Å². The number of nitriles is 1. The molecule has 2 aromatic heterocycles. The average molecular weight is 461 g/mol. The standard InChI is InChI=1S/C26H28N4O4/c27-13-19-11-18(1-2-24(19)34-21-5-9-33-10-6-21)23-15-29-26-22(23)12-20(14-28-26)17-3-7-30(8-4-17)25(32)16-31/h1-2,11-12,14-15,17,21,31H,3-10,16H2,(H,28,29). The number of fused-ring (bicyclic) bond motifs is 1. The van der Waals surface area contributed by atoms with Crippen LogP contribution in [0.1, 0.15) is 42.7 Å². The molecule has 4 heterocycles. The van der Waals surface area contributed by atoms with Gasteiger partial charge in [-0.1, -0.05) is 6.07 Å². The minimum Gasteiger partial charge on any atom is -0.489 e. The van der Waals surface area contributed by atoms with E-state index in [1.165, 1.54) is 0 Å². The molecule has 0 atom stereocenters. The van der Waals surface area contributed by atoms with Crippen LogP contribution in [-0.2, 0) is 9.53 Å². The first kappa shape index (κ1) is 22.4. The van der Waals surface area contributed by atoms with Gasteiger partial charge in [0.15, 0.2) is 0 Å². The zero-order valence-corrected chi connectivity index (χ0v) is 19.0. The highest BCUT2D eigenvalue weighted by atomic mass is 16.5. The van der Waals surface area contributed by atoms with E-state index < -0.39 is 6.61 Å². The Morgan fingerprint density at radius 2 is 2.03 bits per heavy atom. The van der Waals surface area contributed by atoms with Crippen molar-refractivity contribution in [2.24, 2.45) is 0 Å². The number of aliphatic hydroxyl groups is 1. The third kappa shape index (κ3) is 4.49. The van der Waals surface area contributed by atoms with E-state index in [-0.39, 0.29) is 12.0 Å². The van der Waals surface area contributed by atoms with Gasteiger partial charge in [-0.2, -0.15) is 5.26 Å². The van der Waals surface area contributed by atoms with Gasteiger partial charge in [-0.3, -0.25) is 4.79 Å². The summed E-state index contributed by atoms with van der Waals surface area (Å²) < 4.78 is 11.5. The zero-order chi connectivity index (χ0) is 23.5. The topological polar surface area (TPSA) is 111 Å². The number of benzene rings is 1. The maximum atomic E-state index is 11.8. The van der Waals surface area contributed by atoms with Gasteiger partial charge in [-0.15, -0.1) is 0 Å². The van der Waals surface area contributed by atoms with Crippen LogP contribution < -0.4 is 4.74 Å². The SMILES string of the molecule is N#Cc1cc(-c2c[nH]c3ncc(C4CCN(C(=O)CO)CC4)cc23)ccc1OC1CCOCC1. The minimum absolute atomic E-state index is 0.0747. The summed E-state index contributed by atoms with van der Waals surface area (Å²) in [5.41, 5.74) is 4.39. The first-order valence-electron chi connectivity index (χ1n) is 11.8. The van der Waals surface area contributed by atoms with Gasteiger partial charge in [-0.05, 0) is 48.1 Å². The van der Waals surface area contributed by atoms with Crippen LogP contribution in [0.2, 0.25) is 0 Å². The number of rotatable bonds is 5. The number of nitrogens with one attached hydrogen (secondary N) is 1. The molecule has 0 unspecified atom stereocenters. The van der Waals surface area contributed by atoms with Crippen molar-refractivity contribution in [3.05, 3.63) is 47.8 Å². The molecule has 1 amide bonds. The Hall–Kier alpha value is -3.41. The molecule has 5 rings (SSSR count). The van der Waals surface area contributed by atoms with E-state index in [2.05, 4.69) is 22.1 Å². The summed E-state index contributed by atoms with van der Waals surface area (Å²) in [6.45, 7) is 2.22. The third-order valence-corrected chi connectivity index (χ3v) is 6.88. The number of hydrogen-bond donors (Lipinski definition) is 2. The maximum absolute atomic E-state index is 11.8. The van der Waals surface area contributed by atoms with Crippen LogP contribution in [0.15, 0.2) is 36.7 Å². The fourth-order valence-corrected chi connectivity index (χ4v) is 4.90. The largest absolute Gasteiger partial charge is 0.489 e. The highest BCUT2D eigenvalue weighted by Crippen LogP contribution is 2.35. The van der Waals surface area contributed by atoms with E-state index in [1.54, 1.807) is 4.90 Å². The van der Waals surface area contributed by atoms with E-state index in [0.717, 1.165) is 53.4 Å². The quantitative estimate of drug-likeness (QED) is 0.604. The molecule has 0 saturated carbocycles. The summed E-state index contributed by atoms with van der Waals surface area (Å²) in [4.78, 5) is 21.4. The molecule has 0 bridgehead atoms. The average Bonchev–Trinajstić information content (AvgIpc) is 3.32. The number of likely N-dealkylation sites (tertiary alicyclic amines) is 1. The number of aromatic amines is 1. The lowest BCUT2D eigenvalue weighted by atomic mass is 9.89. The van der Waals surface area contributed by atoms with E-state index in [1.807, 2.05) is 30.6 Å². The molecule has 3 aromatic rings. The van der Waals surface area contributed by atoms with Crippen molar-refractivity contribution in [2.75, 3.05) is 32.9 Å². The number of nitrogens with zero attached hydrogens (tertiary/aromatic N) is 3. The summed E-state index contributed by atoms with van der Waals surface area (Å²) in [5.74, 6) is 0.714. The Kier molecular flexibility index (Phi) is 6.48. The number of carbonyl (C=O) groups excluding carboxylic acids is 1. The van der Waals surface area contributed by atoms with Crippen LogP contribution in [0.4, 0.5) is 0 Å². The Morgan fingerprint density at radius 3 is 2.76 bits per heavy atom. The Morgan fingerprint density at radius 1 is 1.24 bits per heavy atom. The molecule has 2 fully saturated rings. The summed E-state index contributed by atoms with van der Waals surface area (Å²) in [7, 11) is 0. The molecule has 8 nitrogen and oxygen atoms in total. The third-order valence-electron chi connectivity index (χ3n) is 6.88. The van der Waals surface area contributed by atoms with Gasteiger partial charge < -0.3 is 24.5 Å². The molecular weight excluding hydrogens is 432 g/mol. The Bertz CT molecular complexity index is 1220. The predicted molar refractivity (Wildman–Crippen MR) is 126 cm³/mol. The number of pyridine rings is 1. The second-order valence-corrected chi connectivity index (χ2v) is 8.93. The number of aliphatic hydroxyl groups excluding tert-OH is 1. The second-order valence-electron chi connectivity index (χ2n) is 8.93. The van der Waals surface area contributed by atoms with Crippen molar-refractivity contribution in [1.82, 2.24) is 14.9 Å². The summed E-state index contributed by atoms with van der Waals surface area (Å²) >= 11 is 0. The van der Waals surface area contributed by atoms with Crippen LogP contribution in [0.5, 0.6) is 5.75 Å². The summed E-state index contributed by atoms with van der Waals surface area (Å²) in [5, 5.41) is 19.9. The first-order valence-corrected chi connectivity index (χ1v) is 11.8. The number of piperidine rings is 1. The van der Waals surface area contributed by atoms with Gasteiger partial charge in [0.05, 0.1) is 18.8 Å². The molecule has 2 aliphatic heterocycles. The van der Waals surface area contributed by atoms with Crippen molar-refractivity contribution in [2.45, 2.75) is 37.7 Å². The van der Waals surface area contributed by atoms with Crippen LogP contribution >= 0.6 is 0 Å². The number of hydrogen-bond acceptors (Lipinski definition) is 6. The van der Waals surface area contributed by atoms with Crippen LogP contribution in [0, 0.1) is 11.3 Å². The molecule has 1 aromatic carbocycles. The highest BCUT2D eigenvalue weighted by molar-refractivity contribution is 5.94. The number of H-pyrrole nitrogens is 1. The van der Waals surface area contributed by atoms with Crippen LogP contribution in [0.3, 0.4) is 0 Å². The van der Waals surface area contributed by atoms with Crippen molar-refractivity contribution >= 4 is 16.9 Å². The molecule has 0 radical (unpaired) electrons. The molecule has 2 N–H and O–H groups in total. The fraction of sp³-hybridized carbons (Fsp3) is 0.423. The Balaban J connectivity index is 1.39. The second kappa shape index (κ2) is 9.84. The van der Waals surface area contributed by atoms with Gasteiger partial charge in [0.2, 0.25) is 5.91 Å². The molecule has 0 aliphatic carbocycles. The Labute approximate surface area is 198 Å². The highest BCUT2D eigenvalue weighted by Gasteiger charge is 2.24. The van der Waals surface area contributed by atoms with Gasteiger partial charge in [-0.25, -0.2) is 4.98 Å². The molecular formula is C26H28N4O4. The first-order chi connectivity index (χ1) is 16.7. The predicted octanol–water partition coefficient (Wildman–Crippen LogP) is 3.36. The number of carbonyl (C=O) groups is 1. The molecule has 34 heavy (non-hydrogen) atoms. The summed E-state index contributed by atoms with van der Waals surface area (Å²) in [6.07, 6.45) is 7.26. The van der Waals surface area contributed by atoms with Gasteiger partial charge in [0.25, 0.3) is 0 Å². The normalized spacial score (nSPS) is 17.6. The van der Waals surface area contributed by atoms with Gasteiger partial charge in [0.1, 0.15) is 30.2 Å². The number of ether oxygens (including phenoxy) is 2. The lowest BCUT2D eigenvalue weighted by Crippen LogP contribution is -2.39. The van der Waals surface area contributed by atoms with Gasteiger partial charge >= 0.3 is 0 Å². The molecule has 0 spiro atoms. The van der Waals surface area contributed by atoms with Crippen molar-refractivity contribution in [3.63, 3.8) is 0 Å². The maximum Gasteiger partial charge on any atom is 0.248 e. The molecule has 8 heteroatoms. The van der Waals surface area contributed by atoms with E-state index in [0.29, 0.717) is 43.5 Å². The van der Waals surface area contributed by atoms with Crippen molar-refractivity contribution in [1.29, 1.82) is 5.26 Å². The van der Waals surface area contributed by atoms with Crippen molar-refractivity contribution in [3.8, 4) is 22.9 Å². The monoisotopic (exact) mass is 460 g/mol. The molecule has 176 valence electrons. The smallest absolute Gasteiger partial charge is 0.248 e. The van der Waals surface area contributed by atoms with E-state index in [4.69, 9.17) is 14.6 Å². The number of amides is 1.